The molecule has 1 amide bonds. The molecule has 0 spiro atoms. The Morgan fingerprint density at radius 3 is 3.09 bits per heavy atom. The Hall–Kier alpha value is -2.32. The molecule has 23 heavy (non-hydrogen) atoms. The highest BCUT2D eigenvalue weighted by Gasteiger charge is 2.09. The van der Waals surface area contributed by atoms with Crippen molar-refractivity contribution in [3.63, 3.8) is 0 Å². The van der Waals surface area contributed by atoms with E-state index in [0.717, 1.165) is 0 Å². The number of nitrogens with one attached hydrogen (secondary N) is 1. The molecule has 0 aliphatic heterocycles. The van der Waals surface area contributed by atoms with E-state index in [4.69, 9.17) is 16.3 Å². The second kappa shape index (κ2) is 6.84. The van der Waals surface area contributed by atoms with Gasteiger partial charge in [0.1, 0.15) is 5.75 Å². The van der Waals surface area contributed by atoms with Gasteiger partial charge < -0.3 is 10.1 Å². The predicted octanol–water partition coefficient (Wildman–Crippen LogP) is 2.52. The number of hydrogen-bond acceptors (Lipinski definition) is 6. The van der Waals surface area contributed by atoms with E-state index >= 15 is 0 Å². The third-order valence-electron chi connectivity index (χ3n) is 2.87. The molecular weight excluding hydrogens is 338 g/mol. The highest BCUT2D eigenvalue weighted by Crippen LogP contribution is 2.27. The fraction of sp³-hybridized carbons (Fsp3) is 0.143. The molecule has 2 heterocycles. The van der Waals surface area contributed by atoms with Gasteiger partial charge in [0.25, 0.3) is 5.78 Å². The first-order valence-corrected chi connectivity index (χ1v) is 7.95. The van der Waals surface area contributed by atoms with E-state index in [0.29, 0.717) is 27.4 Å². The summed E-state index contributed by atoms with van der Waals surface area (Å²) < 4.78 is 6.62. The van der Waals surface area contributed by atoms with Crippen LogP contribution in [-0.4, -0.2) is 38.4 Å². The first-order valence-electron chi connectivity index (χ1n) is 6.59. The van der Waals surface area contributed by atoms with E-state index in [2.05, 4.69) is 20.4 Å². The van der Waals surface area contributed by atoms with Gasteiger partial charge in [0, 0.05) is 18.1 Å². The Morgan fingerprint density at radius 2 is 2.35 bits per heavy atom. The summed E-state index contributed by atoms with van der Waals surface area (Å²) in [4.78, 5) is 20.3. The number of rotatable bonds is 5. The molecule has 118 valence electrons. The van der Waals surface area contributed by atoms with Crippen LogP contribution < -0.4 is 10.1 Å². The number of carbonyl (C=O) groups is 1. The number of thioether (sulfide) groups is 1. The fourth-order valence-corrected chi connectivity index (χ4v) is 2.73. The van der Waals surface area contributed by atoms with Crippen LogP contribution in [-0.2, 0) is 4.79 Å². The first-order chi connectivity index (χ1) is 11.2. The van der Waals surface area contributed by atoms with Crippen LogP contribution in [0.2, 0.25) is 5.02 Å². The molecule has 1 aromatic carbocycles. The molecule has 1 N–H and O–H groups in total. The second-order valence-electron chi connectivity index (χ2n) is 4.44. The van der Waals surface area contributed by atoms with Crippen LogP contribution in [0.15, 0.2) is 41.8 Å². The quantitative estimate of drug-likeness (QED) is 0.713. The molecule has 3 aromatic rings. The SMILES string of the molecule is COc1ccc(NC(=O)CSc2nc3ncccn3n2)cc1Cl. The normalized spacial score (nSPS) is 10.7. The van der Waals surface area contributed by atoms with Gasteiger partial charge in [0.2, 0.25) is 11.1 Å². The van der Waals surface area contributed by atoms with Gasteiger partial charge in [0.05, 0.1) is 17.9 Å². The van der Waals surface area contributed by atoms with Crippen molar-refractivity contribution in [1.29, 1.82) is 0 Å². The van der Waals surface area contributed by atoms with Crippen LogP contribution in [0.4, 0.5) is 5.69 Å². The van der Waals surface area contributed by atoms with Gasteiger partial charge in [0.15, 0.2) is 0 Å². The molecule has 3 rings (SSSR count). The number of fused-ring (bicyclic) bond motifs is 1. The minimum Gasteiger partial charge on any atom is -0.495 e. The van der Waals surface area contributed by atoms with E-state index in [1.54, 1.807) is 41.2 Å². The molecular formula is C14H12ClN5O2S. The minimum absolute atomic E-state index is 0.178. The minimum atomic E-state index is -0.178. The van der Waals surface area contributed by atoms with Crippen LogP contribution in [0.1, 0.15) is 0 Å². The number of benzene rings is 1. The second-order valence-corrected chi connectivity index (χ2v) is 5.79. The Kier molecular flexibility index (Phi) is 4.63. The molecule has 0 aliphatic rings. The lowest BCUT2D eigenvalue weighted by molar-refractivity contribution is -0.113. The summed E-state index contributed by atoms with van der Waals surface area (Å²) in [6.45, 7) is 0. The Bertz CT molecular complexity index is 821. The van der Waals surface area contributed by atoms with Crippen molar-refractivity contribution in [2.75, 3.05) is 18.2 Å². The van der Waals surface area contributed by atoms with Gasteiger partial charge in [-0.1, -0.05) is 23.4 Å². The molecule has 0 bridgehead atoms. The summed E-state index contributed by atoms with van der Waals surface area (Å²) in [7, 11) is 1.53. The molecule has 0 atom stereocenters. The van der Waals surface area contributed by atoms with Crippen molar-refractivity contribution in [1.82, 2.24) is 19.6 Å². The van der Waals surface area contributed by atoms with Gasteiger partial charge in [-0.3, -0.25) is 4.79 Å². The number of nitrogens with zero attached hydrogens (tertiary/aromatic N) is 4. The fourth-order valence-electron chi connectivity index (χ4n) is 1.85. The number of anilines is 1. The number of carbonyl (C=O) groups excluding carboxylic acids is 1. The highest BCUT2D eigenvalue weighted by atomic mass is 35.5. The monoisotopic (exact) mass is 349 g/mol. The number of ether oxygens (including phenoxy) is 1. The maximum absolute atomic E-state index is 12.0. The van der Waals surface area contributed by atoms with Gasteiger partial charge >= 0.3 is 0 Å². The summed E-state index contributed by atoms with van der Waals surface area (Å²) in [5.74, 6) is 1.06. The lowest BCUT2D eigenvalue weighted by atomic mass is 10.3. The van der Waals surface area contributed by atoms with Crippen LogP contribution >= 0.6 is 23.4 Å². The number of aromatic nitrogens is 4. The van der Waals surface area contributed by atoms with Crippen molar-refractivity contribution >= 4 is 40.7 Å². The number of amides is 1. The maximum atomic E-state index is 12.0. The van der Waals surface area contributed by atoms with E-state index in [-0.39, 0.29) is 11.7 Å². The van der Waals surface area contributed by atoms with E-state index < -0.39 is 0 Å². The van der Waals surface area contributed by atoms with Crippen LogP contribution in [0.3, 0.4) is 0 Å². The van der Waals surface area contributed by atoms with Crippen molar-refractivity contribution < 1.29 is 9.53 Å². The molecule has 0 unspecified atom stereocenters. The van der Waals surface area contributed by atoms with Crippen molar-refractivity contribution in [2.45, 2.75) is 5.16 Å². The Morgan fingerprint density at radius 1 is 1.48 bits per heavy atom. The summed E-state index contributed by atoms with van der Waals surface area (Å²) in [5.41, 5.74) is 0.603. The smallest absolute Gasteiger partial charge is 0.253 e. The van der Waals surface area contributed by atoms with E-state index in [9.17, 15) is 4.79 Å². The Balaban J connectivity index is 1.60. The van der Waals surface area contributed by atoms with Crippen molar-refractivity contribution in [3.05, 3.63) is 41.7 Å². The molecule has 0 aliphatic carbocycles. The molecule has 0 radical (unpaired) electrons. The van der Waals surface area contributed by atoms with Crippen LogP contribution in [0.5, 0.6) is 5.75 Å². The summed E-state index contributed by atoms with van der Waals surface area (Å²) in [6.07, 6.45) is 3.39. The van der Waals surface area contributed by atoms with Gasteiger partial charge in [-0.2, -0.15) is 4.98 Å². The summed E-state index contributed by atoms with van der Waals surface area (Å²) in [5, 5.41) is 7.91. The molecule has 0 saturated carbocycles. The number of halogens is 1. The predicted molar refractivity (Wildman–Crippen MR) is 88.1 cm³/mol. The highest BCUT2D eigenvalue weighted by molar-refractivity contribution is 7.99. The van der Waals surface area contributed by atoms with Crippen LogP contribution in [0.25, 0.3) is 5.78 Å². The van der Waals surface area contributed by atoms with Gasteiger partial charge in [-0.25, -0.2) is 9.50 Å². The zero-order valence-corrected chi connectivity index (χ0v) is 13.6. The zero-order valence-electron chi connectivity index (χ0n) is 12.1. The summed E-state index contributed by atoms with van der Waals surface area (Å²) >= 11 is 7.25. The number of hydrogen-bond donors (Lipinski definition) is 1. The van der Waals surface area contributed by atoms with Crippen LogP contribution in [0, 0.1) is 0 Å². The number of methoxy groups -OCH3 is 1. The Labute approximate surface area is 141 Å². The largest absolute Gasteiger partial charge is 0.495 e. The first kappa shape index (κ1) is 15.6. The third kappa shape index (κ3) is 3.72. The molecule has 9 heteroatoms. The van der Waals surface area contributed by atoms with E-state index in [1.807, 2.05) is 0 Å². The topological polar surface area (TPSA) is 81.4 Å². The molecule has 2 aromatic heterocycles. The standard InChI is InChI=1S/C14H12ClN5O2S/c1-22-11-4-3-9(7-10(11)15)17-12(21)8-23-14-18-13-16-5-2-6-20(13)19-14/h2-7H,8H2,1H3,(H,17,21). The lowest BCUT2D eigenvalue weighted by Crippen LogP contribution is -2.14. The average molecular weight is 350 g/mol. The van der Waals surface area contributed by atoms with Crippen molar-refractivity contribution in [3.8, 4) is 5.75 Å². The molecule has 0 saturated heterocycles. The summed E-state index contributed by atoms with van der Waals surface area (Å²) in [6, 6.07) is 6.81. The lowest BCUT2D eigenvalue weighted by Gasteiger charge is -2.07. The van der Waals surface area contributed by atoms with Crippen molar-refractivity contribution in [2.24, 2.45) is 0 Å². The molecule has 7 nitrogen and oxygen atoms in total. The third-order valence-corrected chi connectivity index (χ3v) is 4.00. The maximum Gasteiger partial charge on any atom is 0.253 e. The zero-order chi connectivity index (χ0) is 16.2. The van der Waals surface area contributed by atoms with Gasteiger partial charge in [-0.05, 0) is 24.3 Å². The molecule has 0 fully saturated rings. The van der Waals surface area contributed by atoms with Gasteiger partial charge in [-0.15, -0.1) is 5.10 Å². The van der Waals surface area contributed by atoms with E-state index in [1.165, 1.54) is 18.9 Å². The average Bonchev–Trinajstić information content (AvgIpc) is 2.96.